The Balaban J connectivity index is 1.37. The van der Waals surface area contributed by atoms with Crippen molar-refractivity contribution in [2.75, 3.05) is 18.5 Å². The van der Waals surface area contributed by atoms with Crippen LogP contribution >= 0.6 is 0 Å². The molecule has 13 heteroatoms. The van der Waals surface area contributed by atoms with Crippen LogP contribution in [0.15, 0.2) is 6.33 Å². The van der Waals surface area contributed by atoms with Crippen LogP contribution in [-0.4, -0.2) is 79.4 Å². The van der Waals surface area contributed by atoms with Gasteiger partial charge in [0.1, 0.15) is 19.3 Å². The standard InChI is InChI=1S/C27H42FN5O7/c1-3-4-5-6-7-8-9-10-11-12-21(35)38-13-14-39-27(37)31-24-22-25(32-26(28)30-24)33(17-29-22)16-19-15-20(34)23(36)18(2)40-19/h17-20,23,34,36H,3-16H2,1-2H3,(H,30,31,32,37)/t18?,19-,20+,23?/m1/s1. The zero-order valence-corrected chi connectivity index (χ0v) is 23.4. The van der Waals surface area contributed by atoms with Gasteiger partial charge in [-0.1, -0.05) is 58.3 Å². The van der Waals surface area contributed by atoms with Crippen LogP contribution in [-0.2, 0) is 25.5 Å². The zero-order chi connectivity index (χ0) is 28.9. The van der Waals surface area contributed by atoms with Gasteiger partial charge < -0.3 is 29.0 Å². The number of carbonyl (C=O) groups is 2. The highest BCUT2D eigenvalue weighted by molar-refractivity contribution is 5.93. The minimum absolute atomic E-state index is 0.0911. The highest BCUT2D eigenvalue weighted by Gasteiger charge is 2.34. The maximum atomic E-state index is 14.2. The van der Waals surface area contributed by atoms with E-state index in [0.717, 1.165) is 19.3 Å². The topological polar surface area (TPSA) is 158 Å². The number of rotatable bonds is 16. The van der Waals surface area contributed by atoms with E-state index in [2.05, 4.69) is 27.2 Å². The Morgan fingerprint density at radius 1 is 1.07 bits per heavy atom. The molecule has 12 nitrogen and oxygen atoms in total. The van der Waals surface area contributed by atoms with E-state index in [1.807, 2.05) is 0 Å². The molecule has 0 radical (unpaired) electrons. The van der Waals surface area contributed by atoms with Gasteiger partial charge in [0.2, 0.25) is 0 Å². The van der Waals surface area contributed by atoms with Crippen LogP contribution in [0.1, 0.15) is 84.5 Å². The van der Waals surface area contributed by atoms with Crippen LogP contribution in [0.4, 0.5) is 15.0 Å². The number of aliphatic hydroxyl groups is 2. The molecule has 0 spiro atoms. The molecule has 2 aromatic heterocycles. The second kappa shape index (κ2) is 16.4. The number of hydrogen-bond acceptors (Lipinski definition) is 10. The lowest BCUT2D eigenvalue weighted by Crippen LogP contribution is -2.47. The zero-order valence-electron chi connectivity index (χ0n) is 23.4. The van der Waals surface area contributed by atoms with E-state index in [0.29, 0.717) is 6.42 Å². The average molecular weight is 568 g/mol. The number of aromatic nitrogens is 4. The third-order valence-corrected chi connectivity index (χ3v) is 6.91. The molecule has 1 aliphatic heterocycles. The van der Waals surface area contributed by atoms with Crippen LogP contribution in [0.3, 0.4) is 0 Å². The summed E-state index contributed by atoms with van der Waals surface area (Å²) in [5, 5.41) is 22.2. The molecular weight excluding hydrogens is 525 g/mol. The van der Waals surface area contributed by atoms with Gasteiger partial charge in [0.05, 0.1) is 31.2 Å². The molecule has 1 fully saturated rings. The van der Waals surface area contributed by atoms with E-state index in [-0.39, 0.29) is 49.1 Å². The molecule has 0 saturated carbocycles. The van der Waals surface area contributed by atoms with Crippen molar-refractivity contribution < 1.29 is 38.4 Å². The van der Waals surface area contributed by atoms with Crippen LogP contribution in [0.25, 0.3) is 11.2 Å². The molecule has 224 valence electrons. The van der Waals surface area contributed by atoms with Crippen molar-refractivity contribution in [1.29, 1.82) is 0 Å². The number of carbonyl (C=O) groups excluding carboxylic acids is 2. The van der Waals surface area contributed by atoms with Gasteiger partial charge in [0.25, 0.3) is 0 Å². The first-order valence-corrected chi connectivity index (χ1v) is 14.3. The normalized spacial score (nSPS) is 20.9. The number of esters is 1. The Hall–Kier alpha value is -2.90. The van der Waals surface area contributed by atoms with Crippen LogP contribution in [0.5, 0.6) is 0 Å². The van der Waals surface area contributed by atoms with E-state index >= 15 is 0 Å². The summed E-state index contributed by atoms with van der Waals surface area (Å²) >= 11 is 0. The number of imidazole rings is 1. The van der Waals surface area contributed by atoms with Gasteiger partial charge in [0, 0.05) is 12.8 Å². The second-order valence-electron chi connectivity index (χ2n) is 10.2. The highest BCUT2D eigenvalue weighted by atomic mass is 19.1. The minimum Gasteiger partial charge on any atom is -0.462 e. The van der Waals surface area contributed by atoms with E-state index in [9.17, 15) is 24.2 Å². The molecule has 1 amide bonds. The molecule has 40 heavy (non-hydrogen) atoms. The number of anilines is 1. The predicted molar refractivity (Wildman–Crippen MR) is 144 cm³/mol. The smallest absolute Gasteiger partial charge is 0.412 e. The first-order valence-electron chi connectivity index (χ1n) is 14.3. The Kier molecular flexibility index (Phi) is 13.0. The van der Waals surface area contributed by atoms with E-state index in [1.54, 1.807) is 6.92 Å². The summed E-state index contributed by atoms with van der Waals surface area (Å²) in [6, 6.07) is 0. The summed E-state index contributed by atoms with van der Waals surface area (Å²) in [4.78, 5) is 35.7. The first-order chi connectivity index (χ1) is 19.3. The average Bonchev–Trinajstić information content (AvgIpc) is 3.31. The van der Waals surface area contributed by atoms with Gasteiger partial charge in [0.15, 0.2) is 17.0 Å². The molecule has 3 rings (SSSR count). The monoisotopic (exact) mass is 567 g/mol. The summed E-state index contributed by atoms with van der Waals surface area (Å²) in [6.45, 7) is 3.78. The number of hydrogen-bond donors (Lipinski definition) is 3. The molecule has 0 aromatic carbocycles. The quantitative estimate of drug-likeness (QED) is 0.154. The number of aliphatic hydroxyl groups excluding tert-OH is 2. The van der Waals surface area contributed by atoms with Crippen LogP contribution < -0.4 is 5.32 Å². The van der Waals surface area contributed by atoms with Crippen molar-refractivity contribution in [2.24, 2.45) is 0 Å². The molecule has 0 bridgehead atoms. The fourth-order valence-electron chi connectivity index (χ4n) is 4.71. The van der Waals surface area contributed by atoms with E-state index in [1.165, 1.54) is 49.4 Å². The molecule has 2 aromatic rings. The number of nitrogens with zero attached hydrogens (tertiary/aromatic N) is 4. The molecular formula is C27H42FN5O7. The predicted octanol–water partition coefficient (Wildman–Crippen LogP) is 3.88. The minimum atomic E-state index is -1.08. The molecule has 2 unspecified atom stereocenters. The summed E-state index contributed by atoms with van der Waals surface area (Å²) in [5.41, 5.74) is 0.250. The summed E-state index contributed by atoms with van der Waals surface area (Å²) in [5.74, 6) is -0.516. The summed E-state index contributed by atoms with van der Waals surface area (Å²) in [7, 11) is 0. The Bertz CT molecular complexity index is 1070. The number of fused-ring (bicyclic) bond motifs is 1. The number of ether oxygens (including phenoxy) is 3. The van der Waals surface area contributed by atoms with E-state index in [4.69, 9.17) is 14.2 Å². The van der Waals surface area contributed by atoms with Crippen molar-refractivity contribution in [3.05, 3.63) is 12.4 Å². The molecule has 1 aliphatic rings. The molecule has 0 aliphatic carbocycles. The van der Waals surface area contributed by atoms with Crippen molar-refractivity contribution in [3.63, 3.8) is 0 Å². The molecule has 3 N–H and O–H groups in total. The maximum Gasteiger partial charge on any atom is 0.412 e. The SMILES string of the molecule is CCCCCCCCCCCC(=O)OCCOC(=O)Nc1nc(F)nc2c1ncn2C[C@H]1C[C@H](O)C(O)C(C)O1. The Labute approximate surface area is 233 Å². The number of amides is 1. The van der Waals surface area contributed by atoms with Crippen molar-refractivity contribution in [2.45, 2.75) is 115 Å². The molecule has 3 heterocycles. The first kappa shape index (κ1) is 31.6. The van der Waals surface area contributed by atoms with Gasteiger partial charge in [-0.05, 0) is 13.3 Å². The molecule has 4 atom stereocenters. The summed E-state index contributed by atoms with van der Waals surface area (Å²) < 4.78 is 31.5. The van der Waals surface area contributed by atoms with Crippen molar-refractivity contribution in [3.8, 4) is 0 Å². The van der Waals surface area contributed by atoms with Crippen LogP contribution in [0, 0.1) is 6.08 Å². The second-order valence-corrected chi connectivity index (χ2v) is 10.2. The van der Waals surface area contributed by atoms with E-state index < -0.39 is 36.6 Å². The van der Waals surface area contributed by atoms with Gasteiger partial charge in [-0.2, -0.15) is 14.4 Å². The maximum absolute atomic E-state index is 14.2. The van der Waals surface area contributed by atoms with Gasteiger partial charge in [-0.3, -0.25) is 10.1 Å². The van der Waals surface area contributed by atoms with Crippen LogP contribution in [0.2, 0.25) is 0 Å². The molecule has 1 saturated heterocycles. The van der Waals surface area contributed by atoms with Crippen molar-refractivity contribution >= 4 is 29.0 Å². The van der Waals surface area contributed by atoms with Gasteiger partial charge >= 0.3 is 18.1 Å². The number of nitrogens with one attached hydrogen (secondary N) is 1. The Morgan fingerprint density at radius 3 is 2.45 bits per heavy atom. The largest absolute Gasteiger partial charge is 0.462 e. The summed E-state index contributed by atoms with van der Waals surface area (Å²) in [6.07, 6.45) is 7.34. The third kappa shape index (κ3) is 9.93. The third-order valence-electron chi connectivity index (χ3n) is 6.91. The fraction of sp³-hybridized carbons (Fsp3) is 0.741. The lowest BCUT2D eigenvalue weighted by Gasteiger charge is -2.35. The van der Waals surface area contributed by atoms with Gasteiger partial charge in [-0.15, -0.1) is 0 Å². The fourth-order valence-corrected chi connectivity index (χ4v) is 4.71. The van der Waals surface area contributed by atoms with Crippen molar-refractivity contribution in [1.82, 2.24) is 19.5 Å². The lowest BCUT2D eigenvalue weighted by atomic mass is 9.99. The lowest BCUT2D eigenvalue weighted by molar-refractivity contribution is -0.164. The highest BCUT2D eigenvalue weighted by Crippen LogP contribution is 2.24. The number of halogens is 1. The van der Waals surface area contributed by atoms with Gasteiger partial charge in [-0.25, -0.2) is 9.78 Å². The number of unbranched alkanes of at least 4 members (excludes halogenated alkanes) is 8. The Morgan fingerprint density at radius 2 is 1.75 bits per heavy atom.